The number of benzene rings is 1. The van der Waals surface area contributed by atoms with Crippen LogP contribution in [-0.2, 0) is 13.6 Å². The lowest BCUT2D eigenvalue weighted by Crippen LogP contribution is -2.10. The van der Waals surface area contributed by atoms with Crippen LogP contribution in [0.5, 0.6) is 11.5 Å². The molecule has 0 amide bonds. The molecule has 0 saturated carbocycles. The maximum absolute atomic E-state index is 11.2. The normalized spacial score (nSPS) is 10.2. The Morgan fingerprint density at radius 2 is 2.14 bits per heavy atom. The number of carbonyl (C=O) groups is 1. The molecule has 1 aromatic carbocycles. The van der Waals surface area contributed by atoms with Crippen molar-refractivity contribution in [2.45, 2.75) is 6.54 Å². The zero-order valence-electron chi connectivity index (χ0n) is 12.1. The summed E-state index contributed by atoms with van der Waals surface area (Å²) < 4.78 is 11.8. The number of aromatic carboxylic acids is 1. The summed E-state index contributed by atoms with van der Waals surface area (Å²) >= 11 is 0. The van der Waals surface area contributed by atoms with E-state index in [1.807, 2.05) is 12.1 Å². The number of nitrogens with one attached hydrogen (secondary N) is 1. The summed E-state index contributed by atoms with van der Waals surface area (Å²) in [6.45, 7) is 0.416. The van der Waals surface area contributed by atoms with Crippen LogP contribution in [0.3, 0.4) is 0 Å². The minimum Gasteiger partial charge on any atom is -0.497 e. The Morgan fingerprint density at radius 3 is 2.76 bits per heavy atom. The van der Waals surface area contributed by atoms with Gasteiger partial charge in [-0.3, -0.25) is 4.68 Å². The number of aryl methyl sites for hydroxylation is 1. The van der Waals surface area contributed by atoms with E-state index in [0.29, 0.717) is 23.7 Å². The summed E-state index contributed by atoms with van der Waals surface area (Å²) in [5, 5.41) is 16.2. The summed E-state index contributed by atoms with van der Waals surface area (Å²) in [5.74, 6) is 0.338. The van der Waals surface area contributed by atoms with Gasteiger partial charge in [0.25, 0.3) is 0 Å². The Bertz CT molecular complexity index is 652. The highest BCUT2D eigenvalue weighted by atomic mass is 16.5. The van der Waals surface area contributed by atoms with Crippen LogP contribution in [0.15, 0.2) is 24.4 Å². The molecular formula is C14H17N3O4. The molecule has 7 heteroatoms. The van der Waals surface area contributed by atoms with Crippen molar-refractivity contribution in [1.29, 1.82) is 0 Å². The molecule has 0 radical (unpaired) electrons. The lowest BCUT2D eigenvalue weighted by Gasteiger charge is -2.11. The van der Waals surface area contributed by atoms with Crippen LogP contribution in [0.1, 0.15) is 16.1 Å². The number of methoxy groups -OCH3 is 2. The van der Waals surface area contributed by atoms with Gasteiger partial charge in [0.15, 0.2) is 5.69 Å². The van der Waals surface area contributed by atoms with E-state index < -0.39 is 5.97 Å². The predicted octanol–water partition coefficient (Wildman–Crippen LogP) is 1.75. The van der Waals surface area contributed by atoms with Crippen molar-refractivity contribution in [2.24, 2.45) is 7.05 Å². The molecule has 0 bridgehead atoms. The second-order valence-corrected chi connectivity index (χ2v) is 4.37. The van der Waals surface area contributed by atoms with Gasteiger partial charge in [-0.25, -0.2) is 4.79 Å². The molecule has 0 aliphatic rings. The molecule has 7 nitrogen and oxygen atoms in total. The van der Waals surface area contributed by atoms with Gasteiger partial charge in [0, 0.05) is 25.2 Å². The van der Waals surface area contributed by atoms with Crippen LogP contribution in [0, 0.1) is 0 Å². The van der Waals surface area contributed by atoms with Gasteiger partial charge in [-0.05, 0) is 12.1 Å². The first-order valence-corrected chi connectivity index (χ1v) is 6.27. The van der Waals surface area contributed by atoms with E-state index in [4.69, 9.17) is 14.6 Å². The monoisotopic (exact) mass is 291 g/mol. The Balaban J connectivity index is 2.19. The number of carboxylic acid groups (broad SMARTS) is 1. The number of hydrogen-bond acceptors (Lipinski definition) is 5. The topological polar surface area (TPSA) is 85.6 Å². The number of carboxylic acids is 1. The fourth-order valence-corrected chi connectivity index (χ4v) is 2.01. The van der Waals surface area contributed by atoms with Crippen LogP contribution in [-0.4, -0.2) is 35.1 Å². The first kappa shape index (κ1) is 14.7. The summed E-state index contributed by atoms with van der Waals surface area (Å²) in [6, 6.07) is 5.46. The zero-order valence-corrected chi connectivity index (χ0v) is 12.1. The lowest BCUT2D eigenvalue weighted by molar-refractivity contribution is 0.0686. The third-order valence-corrected chi connectivity index (χ3v) is 3.10. The van der Waals surface area contributed by atoms with Crippen LogP contribution in [0.25, 0.3) is 0 Å². The molecular weight excluding hydrogens is 274 g/mol. The molecule has 0 fully saturated rings. The van der Waals surface area contributed by atoms with Gasteiger partial charge in [-0.2, -0.15) is 5.10 Å². The summed E-state index contributed by atoms with van der Waals surface area (Å²) in [6.07, 6.45) is 1.49. The molecule has 2 rings (SSSR count). The van der Waals surface area contributed by atoms with Gasteiger partial charge in [0.05, 0.1) is 26.1 Å². The van der Waals surface area contributed by atoms with Gasteiger partial charge < -0.3 is 19.9 Å². The van der Waals surface area contributed by atoms with Crippen LogP contribution >= 0.6 is 0 Å². The number of rotatable bonds is 6. The number of aromatic nitrogens is 2. The molecule has 0 aliphatic heterocycles. The average Bonchev–Trinajstić information content (AvgIpc) is 2.85. The predicted molar refractivity (Wildman–Crippen MR) is 77.0 cm³/mol. The Morgan fingerprint density at radius 1 is 1.38 bits per heavy atom. The molecule has 0 unspecified atom stereocenters. The Hall–Kier alpha value is -2.70. The van der Waals surface area contributed by atoms with E-state index in [0.717, 1.165) is 5.56 Å². The molecule has 0 atom stereocenters. The fraction of sp³-hybridized carbons (Fsp3) is 0.286. The summed E-state index contributed by atoms with van der Waals surface area (Å²) in [4.78, 5) is 11.2. The highest BCUT2D eigenvalue weighted by Gasteiger charge is 2.16. The van der Waals surface area contributed by atoms with E-state index in [-0.39, 0.29) is 5.69 Å². The highest BCUT2D eigenvalue weighted by Crippen LogP contribution is 2.25. The van der Waals surface area contributed by atoms with Crippen molar-refractivity contribution in [3.8, 4) is 11.5 Å². The van der Waals surface area contributed by atoms with Gasteiger partial charge >= 0.3 is 5.97 Å². The van der Waals surface area contributed by atoms with Crippen LogP contribution < -0.4 is 14.8 Å². The maximum Gasteiger partial charge on any atom is 0.356 e. The average molecular weight is 291 g/mol. The van der Waals surface area contributed by atoms with Gasteiger partial charge in [-0.1, -0.05) is 0 Å². The fourth-order valence-electron chi connectivity index (χ4n) is 2.01. The van der Waals surface area contributed by atoms with Gasteiger partial charge in [-0.15, -0.1) is 0 Å². The van der Waals surface area contributed by atoms with E-state index in [2.05, 4.69) is 10.4 Å². The van der Waals surface area contributed by atoms with Crippen LogP contribution in [0.2, 0.25) is 0 Å². The maximum atomic E-state index is 11.2. The summed E-state index contributed by atoms with van der Waals surface area (Å²) in [5.41, 5.74) is 1.46. The highest BCUT2D eigenvalue weighted by molar-refractivity contribution is 5.92. The number of anilines is 1. The first-order chi connectivity index (χ1) is 10.1. The van der Waals surface area contributed by atoms with Crippen molar-refractivity contribution in [2.75, 3.05) is 19.5 Å². The second kappa shape index (κ2) is 6.17. The van der Waals surface area contributed by atoms with Crippen molar-refractivity contribution in [3.05, 3.63) is 35.7 Å². The third-order valence-electron chi connectivity index (χ3n) is 3.10. The molecule has 2 N–H and O–H groups in total. The molecule has 1 heterocycles. The third kappa shape index (κ3) is 3.07. The molecule has 1 aromatic heterocycles. The standard InChI is InChI=1S/C14H17N3O4/c1-17-13(14(18)19)11(8-16-17)15-7-9-4-5-10(20-2)6-12(9)21-3/h4-6,8,15H,7H2,1-3H3,(H,18,19). The molecule has 2 aromatic rings. The lowest BCUT2D eigenvalue weighted by atomic mass is 10.2. The second-order valence-electron chi connectivity index (χ2n) is 4.37. The van der Waals surface area contributed by atoms with Crippen molar-refractivity contribution in [3.63, 3.8) is 0 Å². The Kier molecular flexibility index (Phi) is 4.32. The van der Waals surface area contributed by atoms with Gasteiger partial charge in [0.2, 0.25) is 0 Å². The minimum absolute atomic E-state index is 0.113. The van der Waals surface area contributed by atoms with E-state index in [9.17, 15) is 4.79 Å². The molecule has 0 saturated heterocycles. The SMILES string of the molecule is COc1ccc(CNc2cnn(C)c2C(=O)O)c(OC)c1. The number of ether oxygens (including phenoxy) is 2. The quantitative estimate of drug-likeness (QED) is 0.843. The largest absolute Gasteiger partial charge is 0.497 e. The van der Waals surface area contributed by atoms with Crippen LogP contribution in [0.4, 0.5) is 5.69 Å². The molecule has 0 aliphatic carbocycles. The minimum atomic E-state index is -1.03. The molecule has 112 valence electrons. The van der Waals surface area contributed by atoms with E-state index in [1.54, 1.807) is 27.3 Å². The summed E-state index contributed by atoms with van der Waals surface area (Å²) in [7, 11) is 4.75. The van der Waals surface area contributed by atoms with E-state index >= 15 is 0 Å². The van der Waals surface area contributed by atoms with E-state index in [1.165, 1.54) is 10.9 Å². The smallest absolute Gasteiger partial charge is 0.356 e. The van der Waals surface area contributed by atoms with Gasteiger partial charge in [0.1, 0.15) is 11.5 Å². The number of hydrogen-bond donors (Lipinski definition) is 2. The zero-order chi connectivity index (χ0) is 15.4. The Labute approximate surface area is 122 Å². The number of nitrogens with zero attached hydrogens (tertiary/aromatic N) is 2. The van der Waals surface area contributed by atoms with Crippen molar-refractivity contribution in [1.82, 2.24) is 9.78 Å². The van der Waals surface area contributed by atoms with Crippen molar-refractivity contribution < 1.29 is 19.4 Å². The molecule has 0 spiro atoms. The van der Waals surface area contributed by atoms with Crippen molar-refractivity contribution >= 4 is 11.7 Å². The molecule has 21 heavy (non-hydrogen) atoms. The first-order valence-electron chi connectivity index (χ1n) is 6.27.